The number of hydrogen-bond donors (Lipinski definition) is 3. The highest BCUT2D eigenvalue weighted by Gasteiger charge is 2.15. The molecule has 3 aromatic rings. The Labute approximate surface area is 160 Å². The summed E-state index contributed by atoms with van der Waals surface area (Å²) in [5.74, 6) is 0.919. The molecule has 0 saturated carbocycles. The number of anilines is 2. The first kappa shape index (κ1) is 18.2. The Balaban J connectivity index is 1.82. The van der Waals surface area contributed by atoms with Crippen LogP contribution in [0.3, 0.4) is 0 Å². The van der Waals surface area contributed by atoms with Gasteiger partial charge in [0.25, 0.3) is 5.56 Å². The lowest BCUT2D eigenvalue weighted by Gasteiger charge is -2.11. The zero-order valence-corrected chi connectivity index (χ0v) is 15.9. The molecule has 0 saturated heterocycles. The first-order valence-electron chi connectivity index (χ1n) is 7.42. The van der Waals surface area contributed by atoms with E-state index in [1.165, 1.54) is 19.2 Å². The van der Waals surface area contributed by atoms with Gasteiger partial charge in [-0.3, -0.25) is 14.2 Å². The van der Waals surface area contributed by atoms with Gasteiger partial charge in [0.05, 0.1) is 4.47 Å². The van der Waals surface area contributed by atoms with E-state index in [4.69, 9.17) is 10.5 Å². The van der Waals surface area contributed by atoms with Gasteiger partial charge in [0.1, 0.15) is 33.7 Å². The molecule has 134 valence electrons. The van der Waals surface area contributed by atoms with Gasteiger partial charge in [-0.2, -0.15) is 0 Å². The van der Waals surface area contributed by atoms with Crippen LogP contribution in [-0.4, -0.2) is 17.3 Å². The minimum atomic E-state index is -0.327. The smallest absolute Gasteiger partial charge is 0.271 e. The maximum absolute atomic E-state index is 13.0. The number of rotatable bonds is 5. The monoisotopic (exact) mass is 436 g/mol. The number of H-pyrrole nitrogens is 1. The van der Waals surface area contributed by atoms with Gasteiger partial charge in [-0.15, -0.1) is 0 Å². The van der Waals surface area contributed by atoms with Crippen molar-refractivity contribution in [1.82, 2.24) is 4.37 Å². The van der Waals surface area contributed by atoms with Crippen LogP contribution >= 0.6 is 27.5 Å². The van der Waals surface area contributed by atoms with Crippen LogP contribution in [0.1, 0.15) is 5.56 Å². The molecule has 26 heavy (non-hydrogen) atoms. The molecule has 1 heterocycles. The maximum Gasteiger partial charge on any atom is 0.271 e. The summed E-state index contributed by atoms with van der Waals surface area (Å²) >= 11 is 4.58. The quantitative estimate of drug-likeness (QED) is 0.412. The number of hydrogen-bond acceptors (Lipinski definition) is 5. The number of aromatic amines is 1. The Morgan fingerprint density at radius 3 is 2.69 bits per heavy atom. The van der Waals surface area contributed by atoms with E-state index >= 15 is 0 Å². The van der Waals surface area contributed by atoms with E-state index in [-0.39, 0.29) is 17.2 Å². The third-order valence-electron chi connectivity index (χ3n) is 3.43. The molecule has 1 aromatic heterocycles. The zero-order chi connectivity index (χ0) is 18.7. The third-order valence-corrected chi connectivity index (χ3v) is 4.85. The van der Waals surface area contributed by atoms with Gasteiger partial charge >= 0.3 is 0 Å². The average Bonchev–Trinajstić information content (AvgIpc) is 2.99. The Bertz CT molecular complexity index is 1010. The van der Waals surface area contributed by atoms with E-state index in [0.717, 1.165) is 17.2 Å². The number of aromatic nitrogens is 1. The third kappa shape index (κ3) is 3.94. The number of amidine groups is 1. The summed E-state index contributed by atoms with van der Waals surface area (Å²) in [6.45, 7) is 0. The molecule has 9 heteroatoms. The molecule has 0 aliphatic heterocycles. The summed E-state index contributed by atoms with van der Waals surface area (Å²) in [5, 5.41) is 3.71. The maximum atomic E-state index is 13.0. The Morgan fingerprint density at radius 2 is 2.04 bits per heavy atom. The van der Waals surface area contributed by atoms with Gasteiger partial charge in [-0.05, 0) is 69.9 Å². The van der Waals surface area contributed by atoms with Crippen LogP contribution < -0.4 is 21.3 Å². The highest BCUT2D eigenvalue weighted by Crippen LogP contribution is 2.33. The normalized spacial score (nSPS) is 11.4. The summed E-state index contributed by atoms with van der Waals surface area (Å²) in [4.78, 5) is 15.7. The van der Waals surface area contributed by atoms with Crippen molar-refractivity contribution in [3.63, 3.8) is 0 Å². The fourth-order valence-electron chi connectivity index (χ4n) is 2.16. The topological polar surface area (TPSA) is 92.5 Å². The van der Waals surface area contributed by atoms with Crippen molar-refractivity contribution in [1.29, 1.82) is 0 Å². The van der Waals surface area contributed by atoms with Gasteiger partial charge in [-0.25, -0.2) is 4.39 Å². The second-order valence-electron chi connectivity index (χ2n) is 5.17. The highest BCUT2D eigenvalue weighted by atomic mass is 79.9. The summed E-state index contributed by atoms with van der Waals surface area (Å²) < 4.78 is 22.0. The van der Waals surface area contributed by atoms with E-state index < -0.39 is 0 Å². The van der Waals surface area contributed by atoms with Crippen LogP contribution in [-0.2, 0) is 0 Å². The summed E-state index contributed by atoms with van der Waals surface area (Å²) in [7, 11) is 1.52. The first-order chi connectivity index (χ1) is 12.5. The molecular formula is C17H14BrFN4O2S. The lowest BCUT2D eigenvalue weighted by atomic mass is 10.2. The van der Waals surface area contributed by atoms with Crippen LogP contribution in [0.5, 0.6) is 11.5 Å². The average molecular weight is 437 g/mol. The molecule has 0 radical (unpaired) electrons. The minimum Gasteiger partial charge on any atom is -0.456 e. The van der Waals surface area contributed by atoms with Crippen molar-refractivity contribution in [2.45, 2.75) is 0 Å². The van der Waals surface area contributed by atoms with Gasteiger partial charge < -0.3 is 15.8 Å². The summed E-state index contributed by atoms with van der Waals surface area (Å²) in [6, 6.07) is 11.1. The number of benzene rings is 2. The number of nitrogens with zero attached hydrogens (tertiary/aromatic N) is 1. The number of ether oxygens (including phenoxy) is 1. The van der Waals surface area contributed by atoms with Crippen molar-refractivity contribution in [3.8, 4) is 11.5 Å². The molecule has 6 nitrogen and oxygen atoms in total. The second-order valence-corrected chi connectivity index (χ2v) is 6.84. The minimum absolute atomic E-state index is 0.158. The lowest BCUT2D eigenvalue weighted by Crippen LogP contribution is -2.21. The van der Waals surface area contributed by atoms with Crippen LogP contribution in [0.4, 0.5) is 15.1 Å². The van der Waals surface area contributed by atoms with Gasteiger partial charge in [0, 0.05) is 12.7 Å². The standard InChI is InChI=1S/C17H14BrFN4O2S/c1-21-15(20)14-16(24)23-26-17(14)22-10-4-7-13(12(18)8-10)25-11-5-2-9(19)3-6-11/h2-8,22H,1H3,(H2,20,21)(H,23,24). The second kappa shape index (κ2) is 7.71. The number of nitrogens with two attached hydrogens (primary N) is 1. The predicted octanol–water partition coefficient (Wildman–Crippen LogP) is 4.21. The SMILES string of the molecule is CN=C(N)c1c(Nc2ccc(Oc3ccc(F)cc3)c(Br)c2)s[nH]c1=O. The molecule has 0 fully saturated rings. The molecule has 0 amide bonds. The fourth-order valence-corrected chi connectivity index (χ4v) is 3.38. The molecule has 0 spiro atoms. The van der Waals surface area contributed by atoms with Gasteiger partial charge in [0.15, 0.2) is 0 Å². The number of aliphatic imine (C=N–C) groups is 1. The van der Waals surface area contributed by atoms with E-state index in [0.29, 0.717) is 26.5 Å². The highest BCUT2D eigenvalue weighted by molar-refractivity contribution is 9.10. The molecule has 2 aromatic carbocycles. The molecule has 0 unspecified atom stereocenters. The van der Waals surface area contributed by atoms with Crippen LogP contribution in [0.2, 0.25) is 0 Å². The summed E-state index contributed by atoms with van der Waals surface area (Å²) in [6.07, 6.45) is 0. The van der Waals surface area contributed by atoms with Crippen molar-refractivity contribution in [2.75, 3.05) is 12.4 Å². The molecule has 0 atom stereocenters. The van der Waals surface area contributed by atoms with Crippen LogP contribution in [0, 0.1) is 5.82 Å². The molecule has 4 N–H and O–H groups in total. The van der Waals surface area contributed by atoms with E-state index in [1.54, 1.807) is 30.3 Å². The predicted molar refractivity (Wildman–Crippen MR) is 105 cm³/mol. The van der Waals surface area contributed by atoms with Crippen molar-refractivity contribution in [2.24, 2.45) is 10.7 Å². The van der Waals surface area contributed by atoms with E-state index in [1.807, 2.05) is 0 Å². The lowest BCUT2D eigenvalue weighted by molar-refractivity contribution is 0.477. The Kier molecular flexibility index (Phi) is 5.38. The largest absolute Gasteiger partial charge is 0.456 e. The van der Waals surface area contributed by atoms with Gasteiger partial charge in [0.2, 0.25) is 0 Å². The van der Waals surface area contributed by atoms with E-state index in [2.05, 4.69) is 30.6 Å². The van der Waals surface area contributed by atoms with Crippen molar-refractivity contribution < 1.29 is 9.13 Å². The van der Waals surface area contributed by atoms with Crippen molar-refractivity contribution >= 4 is 44.0 Å². The zero-order valence-electron chi connectivity index (χ0n) is 13.5. The molecular weight excluding hydrogens is 423 g/mol. The van der Waals surface area contributed by atoms with E-state index in [9.17, 15) is 9.18 Å². The number of halogens is 2. The molecule has 0 aliphatic carbocycles. The fraction of sp³-hybridized carbons (Fsp3) is 0.0588. The molecule has 3 rings (SSSR count). The Morgan fingerprint density at radius 1 is 1.31 bits per heavy atom. The number of nitrogens with one attached hydrogen (secondary N) is 2. The van der Waals surface area contributed by atoms with Gasteiger partial charge in [-0.1, -0.05) is 0 Å². The summed E-state index contributed by atoms with van der Waals surface area (Å²) in [5.41, 5.74) is 6.52. The first-order valence-corrected chi connectivity index (χ1v) is 9.03. The van der Waals surface area contributed by atoms with Crippen LogP contribution in [0.15, 0.2) is 56.7 Å². The Hall–Kier alpha value is -2.65. The van der Waals surface area contributed by atoms with Crippen molar-refractivity contribution in [3.05, 3.63) is 68.7 Å². The molecule has 0 bridgehead atoms. The van der Waals surface area contributed by atoms with Crippen LogP contribution in [0.25, 0.3) is 0 Å². The molecule has 0 aliphatic rings.